The molecule has 0 aliphatic carbocycles. The number of methoxy groups -OCH3 is 1. The highest BCUT2D eigenvalue weighted by Gasteiger charge is 2.07. The molecule has 1 rings (SSSR count). The normalized spacial score (nSPS) is 10.4. The molecule has 1 aromatic heterocycles. The molecule has 1 heterocycles. The number of ether oxygens (including phenoxy) is 1. The summed E-state index contributed by atoms with van der Waals surface area (Å²) in [4.78, 5) is 8.36. The maximum absolute atomic E-state index is 5.04. The monoisotopic (exact) mass is 230 g/mol. The van der Waals surface area contributed by atoms with Gasteiger partial charge in [-0.3, -0.25) is 0 Å². The number of nitrogens with zero attached hydrogens (tertiary/aromatic N) is 2. The summed E-state index contributed by atoms with van der Waals surface area (Å²) in [5.41, 5.74) is 0. The average molecular weight is 231 g/mol. The Morgan fingerprint density at radius 3 is 2.67 bits per heavy atom. The van der Waals surface area contributed by atoms with Crippen LogP contribution < -0.4 is 4.74 Å². The van der Waals surface area contributed by atoms with Gasteiger partial charge in [-0.25, -0.2) is 4.98 Å². The summed E-state index contributed by atoms with van der Waals surface area (Å²) in [5, 5.41) is 0. The number of halogens is 1. The molecule has 0 fully saturated rings. The molecule has 0 N–H and O–H groups in total. The Balaban J connectivity index is 3.05. The van der Waals surface area contributed by atoms with Crippen molar-refractivity contribution >= 4 is 15.9 Å². The molecule has 4 heteroatoms. The third kappa shape index (κ3) is 1.94. The summed E-state index contributed by atoms with van der Waals surface area (Å²) in [6.07, 6.45) is 1.71. The van der Waals surface area contributed by atoms with Crippen LogP contribution in [0.2, 0.25) is 0 Å². The van der Waals surface area contributed by atoms with Gasteiger partial charge >= 0.3 is 0 Å². The first kappa shape index (κ1) is 9.45. The minimum Gasteiger partial charge on any atom is -0.480 e. The van der Waals surface area contributed by atoms with E-state index in [1.165, 1.54) is 0 Å². The van der Waals surface area contributed by atoms with Crippen LogP contribution in [0.4, 0.5) is 0 Å². The topological polar surface area (TPSA) is 35.0 Å². The molecule has 1 aromatic rings. The molecule has 66 valence electrons. The first-order valence-electron chi connectivity index (χ1n) is 3.71. The molecule has 0 aliphatic heterocycles. The Kier molecular flexibility index (Phi) is 3.03. The third-order valence-corrected chi connectivity index (χ3v) is 1.98. The molecule has 0 atom stereocenters. The van der Waals surface area contributed by atoms with Crippen molar-refractivity contribution in [3.63, 3.8) is 0 Å². The van der Waals surface area contributed by atoms with Crippen molar-refractivity contribution in [2.75, 3.05) is 7.11 Å². The van der Waals surface area contributed by atoms with Crippen LogP contribution in [0, 0.1) is 0 Å². The maximum atomic E-state index is 5.04. The fourth-order valence-corrected chi connectivity index (χ4v) is 1.14. The Hall–Kier alpha value is -0.640. The molecule has 0 unspecified atom stereocenters. The van der Waals surface area contributed by atoms with Gasteiger partial charge in [0.05, 0.1) is 11.6 Å². The summed E-state index contributed by atoms with van der Waals surface area (Å²) in [5.74, 6) is 1.72. The number of aromatic nitrogens is 2. The fourth-order valence-electron chi connectivity index (χ4n) is 0.786. The van der Waals surface area contributed by atoms with E-state index in [2.05, 4.69) is 25.9 Å². The fraction of sp³-hybridized carbons (Fsp3) is 0.500. The van der Waals surface area contributed by atoms with Crippen LogP contribution in [0.1, 0.15) is 25.6 Å². The Morgan fingerprint density at radius 2 is 2.17 bits per heavy atom. The first-order valence-corrected chi connectivity index (χ1v) is 4.51. The average Bonchev–Trinajstić information content (AvgIpc) is 2.05. The number of hydrogen-bond donors (Lipinski definition) is 0. The van der Waals surface area contributed by atoms with Crippen LogP contribution in [0.25, 0.3) is 0 Å². The van der Waals surface area contributed by atoms with Crippen LogP contribution in [0.5, 0.6) is 5.88 Å². The lowest BCUT2D eigenvalue weighted by Gasteiger charge is -2.06. The highest BCUT2D eigenvalue weighted by atomic mass is 79.9. The molecule has 0 spiro atoms. The third-order valence-electron chi connectivity index (χ3n) is 1.44. The Morgan fingerprint density at radius 1 is 1.50 bits per heavy atom. The second kappa shape index (κ2) is 3.85. The molecule has 3 nitrogen and oxygen atoms in total. The lowest BCUT2D eigenvalue weighted by atomic mass is 10.2. The largest absolute Gasteiger partial charge is 0.480 e. The van der Waals surface area contributed by atoms with Gasteiger partial charge in [0.25, 0.3) is 0 Å². The lowest BCUT2D eigenvalue weighted by molar-refractivity contribution is 0.390. The summed E-state index contributed by atoms with van der Waals surface area (Å²) in [7, 11) is 1.59. The summed E-state index contributed by atoms with van der Waals surface area (Å²) in [6, 6.07) is 0. The SMILES string of the molecule is COc1nc(C(C)C)ncc1Br. The van der Waals surface area contributed by atoms with E-state index in [0.717, 1.165) is 10.3 Å². The van der Waals surface area contributed by atoms with Crippen molar-refractivity contribution in [2.24, 2.45) is 0 Å². The summed E-state index contributed by atoms with van der Waals surface area (Å²) >= 11 is 3.29. The van der Waals surface area contributed by atoms with Crippen LogP contribution in [-0.2, 0) is 0 Å². The predicted molar refractivity (Wildman–Crippen MR) is 50.4 cm³/mol. The van der Waals surface area contributed by atoms with E-state index in [4.69, 9.17) is 4.74 Å². The Labute approximate surface area is 80.3 Å². The van der Waals surface area contributed by atoms with Crippen molar-refractivity contribution in [3.05, 3.63) is 16.5 Å². The number of rotatable bonds is 2. The molecule has 0 radical (unpaired) electrons. The quantitative estimate of drug-likeness (QED) is 0.783. The maximum Gasteiger partial charge on any atom is 0.231 e. The zero-order valence-corrected chi connectivity index (χ0v) is 8.92. The molecule has 0 amide bonds. The van der Waals surface area contributed by atoms with E-state index in [9.17, 15) is 0 Å². The van der Waals surface area contributed by atoms with Crippen molar-refractivity contribution in [2.45, 2.75) is 19.8 Å². The molecular weight excluding hydrogens is 220 g/mol. The highest BCUT2D eigenvalue weighted by Crippen LogP contribution is 2.22. The van der Waals surface area contributed by atoms with Crippen molar-refractivity contribution in [3.8, 4) is 5.88 Å². The van der Waals surface area contributed by atoms with Gasteiger partial charge in [-0.05, 0) is 15.9 Å². The predicted octanol–water partition coefficient (Wildman–Crippen LogP) is 2.37. The van der Waals surface area contributed by atoms with Crippen molar-refractivity contribution in [1.29, 1.82) is 0 Å². The molecule has 0 saturated heterocycles. The zero-order valence-electron chi connectivity index (χ0n) is 7.34. The van der Waals surface area contributed by atoms with E-state index in [-0.39, 0.29) is 0 Å². The molecule has 0 aliphatic rings. The van der Waals surface area contributed by atoms with Crippen molar-refractivity contribution < 1.29 is 4.74 Å². The standard InChI is InChI=1S/C8H11BrN2O/c1-5(2)7-10-4-6(9)8(11-7)12-3/h4-5H,1-3H3. The van der Waals surface area contributed by atoms with Gasteiger partial charge in [0.1, 0.15) is 5.82 Å². The van der Waals surface area contributed by atoms with Crippen LogP contribution in [0.15, 0.2) is 10.7 Å². The van der Waals surface area contributed by atoms with E-state index in [1.54, 1.807) is 13.3 Å². The Bertz CT molecular complexity index is 276. The zero-order chi connectivity index (χ0) is 9.14. The smallest absolute Gasteiger partial charge is 0.231 e. The van der Waals surface area contributed by atoms with Crippen LogP contribution in [0.3, 0.4) is 0 Å². The minimum atomic E-state index is 0.326. The summed E-state index contributed by atoms with van der Waals surface area (Å²) in [6.45, 7) is 4.09. The molecule has 0 aromatic carbocycles. The van der Waals surface area contributed by atoms with E-state index in [1.807, 2.05) is 13.8 Å². The van der Waals surface area contributed by atoms with E-state index >= 15 is 0 Å². The van der Waals surface area contributed by atoms with E-state index < -0.39 is 0 Å². The van der Waals surface area contributed by atoms with Crippen molar-refractivity contribution in [1.82, 2.24) is 9.97 Å². The molecular formula is C8H11BrN2O. The molecule has 0 saturated carbocycles. The van der Waals surface area contributed by atoms with Gasteiger partial charge in [-0.15, -0.1) is 0 Å². The van der Waals surface area contributed by atoms with Gasteiger partial charge < -0.3 is 4.74 Å². The number of hydrogen-bond acceptors (Lipinski definition) is 3. The van der Waals surface area contributed by atoms with Gasteiger partial charge in [0.2, 0.25) is 5.88 Å². The highest BCUT2D eigenvalue weighted by molar-refractivity contribution is 9.10. The van der Waals surface area contributed by atoms with Gasteiger partial charge in [0.15, 0.2) is 0 Å². The molecule has 0 bridgehead atoms. The second-order valence-electron chi connectivity index (χ2n) is 2.74. The van der Waals surface area contributed by atoms with E-state index in [0.29, 0.717) is 11.8 Å². The second-order valence-corrected chi connectivity index (χ2v) is 3.59. The van der Waals surface area contributed by atoms with Gasteiger partial charge in [-0.1, -0.05) is 13.8 Å². The van der Waals surface area contributed by atoms with Crippen LogP contribution >= 0.6 is 15.9 Å². The minimum absolute atomic E-state index is 0.326. The summed E-state index contributed by atoms with van der Waals surface area (Å²) < 4.78 is 5.82. The first-order chi connectivity index (χ1) is 5.65. The molecule has 12 heavy (non-hydrogen) atoms. The van der Waals surface area contributed by atoms with Gasteiger partial charge in [0, 0.05) is 12.1 Å². The van der Waals surface area contributed by atoms with Crippen LogP contribution in [-0.4, -0.2) is 17.1 Å². The lowest BCUT2D eigenvalue weighted by Crippen LogP contribution is -1.99. The van der Waals surface area contributed by atoms with Gasteiger partial charge in [-0.2, -0.15) is 4.98 Å².